The third-order valence-electron chi connectivity index (χ3n) is 3.94. The molecule has 2 aromatic rings. The number of fused-ring (bicyclic) bond motifs is 1. The normalized spacial score (nSPS) is 17.7. The van der Waals surface area contributed by atoms with Gasteiger partial charge in [0.2, 0.25) is 0 Å². The van der Waals surface area contributed by atoms with Gasteiger partial charge in [-0.2, -0.15) is 0 Å². The molecule has 2 heterocycles. The Hall–Kier alpha value is -2.25. The Bertz CT molecular complexity index is 903. The van der Waals surface area contributed by atoms with Crippen LogP contribution in [0.5, 0.6) is 0 Å². The Labute approximate surface area is 154 Å². The molecule has 5 nitrogen and oxygen atoms in total. The lowest BCUT2D eigenvalue weighted by molar-refractivity contribution is -0.146. The Morgan fingerprint density at radius 3 is 2.72 bits per heavy atom. The second-order valence-electron chi connectivity index (χ2n) is 6.00. The molecule has 3 rings (SSSR count). The zero-order valence-corrected chi connectivity index (χ0v) is 15.3. The summed E-state index contributed by atoms with van der Waals surface area (Å²) in [5, 5.41) is 10.4. The van der Waals surface area contributed by atoms with Crippen molar-refractivity contribution in [3.63, 3.8) is 0 Å². The van der Waals surface area contributed by atoms with E-state index in [1.165, 1.54) is 4.90 Å². The van der Waals surface area contributed by atoms with E-state index in [1.807, 2.05) is 30.3 Å². The molecule has 1 N–H and O–H groups in total. The summed E-state index contributed by atoms with van der Waals surface area (Å²) in [4.78, 5) is 30.3. The summed E-state index contributed by atoms with van der Waals surface area (Å²) in [5.41, 5.74) is 1.59. The average molecular weight is 372 g/mol. The molecule has 0 radical (unpaired) electrons. The van der Waals surface area contributed by atoms with E-state index >= 15 is 0 Å². The summed E-state index contributed by atoms with van der Waals surface area (Å²) >= 11 is 6.40. The lowest BCUT2D eigenvalue weighted by atomic mass is 10.0. The Kier molecular flexibility index (Phi) is 4.87. The Morgan fingerprint density at radius 2 is 2.04 bits per heavy atom. The van der Waals surface area contributed by atoms with Crippen molar-refractivity contribution in [2.45, 2.75) is 19.9 Å². The lowest BCUT2D eigenvalue weighted by Gasteiger charge is -2.26. The molecule has 0 spiro atoms. The third kappa shape index (κ3) is 3.29. The maximum Gasteiger partial charge on any atom is 0.327 e. The first-order valence-electron chi connectivity index (χ1n) is 7.73. The van der Waals surface area contributed by atoms with Crippen molar-refractivity contribution in [3.8, 4) is 0 Å². The van der Waals surface area contributed by atoms with Gasteiger partial charge in [0.25, 0.3) is 5.91 Å². The minimum atomic E-state index is -1.06. The molecule has 1 aromatic heterocycles. The van der Waals surface area contributed by atoms with Crippen LogP contribution in [0.25, 0.3) is 17.0 Å². The maximum atomic E-state index is 12.8. The van der Waals surface area contributed by atoms with E-state index in [9.17, 15) is 14.7 Å². The van der Waals surface area contributed by atoms with Gasteiger partial charge in [-0.15, -0.1) is 0 Å². The smallest absolute Gasteiger partial charge is 0.327 e. The van der Waals surface area contributed by atoms with Gasteiger partial charge >= 0.3 is 5.97 Å². The van der Waals surface area contributed by atoms with Gasteiger partial charge in [-0.05, 0) is 18.1 Å². The number of rotatable bonds is 4. The maximum absolute atomic E-state index is 12.8. The standard InChI is InChI=1S/C18H16N2O3S2/c1-10(2)15(17(22)23)20-16(21)13(25-18(20)24)9-12-6-3-5-11-7-4-8-19-14(11)12/h3-10,15H,1-2H3,(H,22,23). The lowest BCUT2D eigenvalue weighted by Crippen LogP contribution is -2.47. The number of carboxylic acids is 1. The molecular weight excluding hydrogens is 356 g/mol. The number of thiocarbonyl (C=S) groups is 1. The molecule has 25 heavy (non-hydrogen) atoms. The molecule has 7 heteroatoms. The van der Waals surface area contributed by atoms with Crippen LogP contribution in [0.3, 0.4) is 0 Å². The van der Waals surface area contributed by atoms with Gasteiger partial charge in [0, 0.05) is 17.1 Å². The van der Waals surface area contributed by atoms with Crippen LogP contribution in [-0.2, 0) is 9.59 Å². The predicted octanol–water partition coefficient (Wildman–Crippen LogP) is 3.55. The van der Waals surface area contributed by atoms with Crippen LogP contribution in [0, 0.1) is 5.92 Å². The van der Waals surface area contributed by atoms with Gasteiger partial charge in [0.1, 0.15) is 10.4 Å². The number of thioether (sulfide) groups is 1. The van der Waals surface area contributed by atoms with Crippen molar-refractivity contribution in [1.29, 1.82) is 0 Å². The number of carboxylic acid groups (broad SMARTS) is 1. The van der Waals surface area contributed by atoms with Crippen molar-refractivity contribution >= 4 is 57.2 Å². The highest BCUT2D eigenvalue weighted by Gasteiger charge is 2.41. The van der Waals surface area contributed by atoms with Gasteiger partial charge in [-0.25, -0.2) is 4.79 Å². The molecule has 1 aromatic carbocycles. The van der Waals surface area contributed by atoms with Crippen LogP contribution < -0.4 is 0 Å². The molecule has 0 aliphatic carbocycles. The second-order valence-corrected chi connectivity index (χ2v) is 7.68. The van der Waals surface area contributed by atoms with Crippen LogP contribution in [0.1, 0.15) is 19.4 Å². The Morgan fingerprint density at radius 1 is 1.32 bits per heavy atom. The zero-order chi connectivity index (χ0) is 18.1. The number of carbonyl (C=O) groups is 2. The van der Waals surface area contributed by atoms with Gasteiger partial charge < -0.3 is 5.11 Å². The van der Waals surface area contributed by atoms with Crippen molar-refractivity contribution in [3.05, 3.63) is 47.0 Å². The fourth-order valence-corrected chi connectivity index (χ4v) is 4.12. The third-order valence-corrected chi connectivity index (χ3v) is 5.27. The molecule has 1 unspecified atom stereocenters. The summed E-state index contributed by atoms with van der Waals surface area (Å²) in [5.74, 6) is -1.68. The van der Waals surface area contributed by atoms with E-state index in [2.05, 4.69) is 4.98 Å². The molecule has 0 bridgehead atoms. The summed E-state index contributed by atoms with van der Waals surface area (Å²) < 4.78 is 0.269. The molecule has 1 aliphatic rings. The fraction of sp³-hybridized carbons (Fsp3) is 0.222. The average Bonchev–Trinajstić information content (AvgIpc) is 2.83. The molecule has 0 saturated carbocycles. The number of hydrogen-bond donors (Lipinski definition) is 1. The van der Waals surface area contributed by atoms with Crippen LogP contribution >= 0.6 is 24.0 Å². The highest BCUT2D eigenvalue weighted by Crippen LogP contribution is 2.36. The van der Waals surface area contributed by atoms with Crippen molar-refractivity contribution in [2.75, 3.05) is 0 Å². The summed E-state index contributed by atoms with van der Waals surface area (Å²) in [6, 6.07) is 8.55. The molecule has 1 saturated heterocycles. The van der Waals surface area contributed by atoms with E-state index in [1.54, 1.807) is 26.1 Å². The van der Waals surface area contributed by atoms with E-state index in [4.69, 9.17) is 12.2 Å². The topological polar surface area (TPSA) is 70.5 Å². The van der Waals surface area contributed by atoms with Gasteiger partial charge in [-0.1, -0.05) is 62.1 Å². The zero-order valence-electron chi connectivity index (χ0n) is 13.7. The molecule has 128 valence electrons. The quantitative estimate of drug-likeness (QED) is 0.654. The summed E-state index contributed by atoms with van der Waals surface area (Å²) in [7, 11) is 0. The Balaban J connectivity index is 2.02. The fourth-order valence-electron chi connectivity index (χ4n) is 2.80. The minimum absolute atomic E-state index is 0.251. The molecule has 1 aliphatic heterocycles. The first kappa shape index (κ1) is 17.6. The first-order valence-corrected chi connectivity index (χ1v) is 8.96. The number of benzene rings is 1. The van der Waals surface area contributed by atoms with Crippen molar-refractivity contribution in [2.24, 2.45) is 5.92 Å². The number of aliphatic carboxylic acids is 1. The highest BCUT2D eigenvalue weighted by atomic mass is 32.2. The van der Waals surface area contributed by atoms with Gasteiger partial charge in [0.05, 0.1) is 10.4 Å². The van der Waals surface area contributed by atoms with Crippen molar-refractivity contribution in [1.82, 2.24) is 9.88 Å². The largest absolute Gasteiger partial charge is 0.480 e. The molecule has 1 atom stereocenters. The number of carbonyl (C=O) groups excluding carboxylic acids is 1. The highest BCUT2D eigenvalue weighted by molar-refractivity contribution is 8.26. The van der Waals surface area contributed by atoms with Gasteiger partial charge in [0.15, 0.2) is 0 Å². The van der Waals surface area contributed by atoms with Crippen LogP contribution in [0.4, 0.5) is 0 Å². The number of aromatic nitrogens is 1. The monoisotopic (exact) mass is 372 g/mol. The second kappa shape index (κ2) is 6.93. The summed E-state index contributed by atoms with van der Waals surface area (Å²) in [6.07, 6.45) is 3.43. The minimum Gasteiger partial charge on any atom is -0.480 e. The number of para-hydroxylation sites is 1. The molecule has 1 amide bonds. The van der Waals surface area contributed by atoms with Crippen LogP contribution in [0.2, 0.25) is 0 Å². The first-order chi connectivity index (χ1) is 11.9. The van der Waals surface area contributed by atoms with Crippen LogP contribution in [-0.4, -0.2) is 37.2 Å². The van der Waals surface area contributed by atoms with E-state index in [0.29, 0.717) is 4.91 Å². The number of hydrogen-bond acceptors (Lipinski definition) is 5. The predicted molar refractivity (Wildman–Crippen MR) is 103 cm³/mol. The van der Waals surface area contributed by atoms with E-state index < -0.39 is 12.0 Å². The summed E-state index contributed by atoms with van der Waals surface area (Å²) in [6.45, 7) is 3.52. The number of amides is 1. The molecular formula is C18H16N2O3S2. The van der Waals surface area contributed by atoms with Gasteiger partial charge in [-0.3, -0.25) is 14.7 Å². The van der Waals surface area contributed by atoms with Crippen molar-refractivity contribution < 1.29 is 14.7 Å². The van der Waals surface area contributed by atoms with Crippen LogP contribution in [0.15, 0.2) is 41.4 Å². The van der Waals surface area contributed by atoms with E-state index in [-0.39, 0.29) is 16.1 Å². The van der Waals surface area contributed by atoms with E-state index in [0.717, 1.165) is 28.2 Å². The number of nitrogens with zero attached hydrogens (tertiary/aromatic N) is 2. The number of pyridine rings is 1. The molecule has 1 fully saturated rings. The SMILES string of the molecule is CC(C)C(C(=O)O)N1C(=O)C(=Cc2cccc3cccnc23)SC1=S.